The van der Waals surface area contributed by atoms with Gasteiger partial charge in [-0.15, -0.1) is 0 Å². The molecule has 20 heavy (non-hydrogen) atoms. The van der Waals surface area contributed by atoms with Crippen molar-refractivity contribution in [2.45, 2.75) is 59.0 Å². The van der Waals surface area contributed by atoms with E-state index in [4.69, 9.17) is 0 Å². The Morgan fingerprint density at radius 3 is 2.20 bits per heavy atom. The summed E-state index contributed by atoms with van der Waals surface area (Å²) < 4.78 is 0. The number of urea groups is 1. The number of rotatable bonds is 2. The van der Waals surface area contributed by atoms with Gasteiger partial charge in [0.25, 0.3) is 0 Å². The molecule has 0 spiro atoms. The molecule has 1 aromatic carbocycles. The van der Waals surface area contributed by atoms with Crippen molar-refractivity contribution in [1.29, 1.82) is 0 Å². The van der Waals surface area contributed by atoms with Crippen molar-refractivity contribution < 1.29 is 4.79 Å². The number of aryl methyl sites for hydroxylation is 2. The van der Waals surface area contributed by atoms with E-state index in [1.165, 1.54) is 6.42 Å². The molecular formula is C16H25N3O. The molecule has 0 bridgehead atoms. The van der Waals surface area contributed by atoms with Crippen LogP contribution in [0.25, 0.3) is 0 Å². The largest absolute Gasteiger partial charge is 0.333 e. The van der Waals surface area contributed by atoms with Gasteiger partial charge in [0.1, 0.15) is 0 Å². The molecule has 0 saturated carbocycles. The first-order valence-corrected chi connectivity index (χ1v) is 7.40. The molecule has 1 aromatic rings. The third-order valence-electron chi connectivity index (χ3n) is 3.90. The van der Waals surface area contributed by atoms with Gasteiger partial charge in [-0.05, 0) is 63.8 Å². The molecule has 1 aliphatic rings. The summed E-state index contributed by atoms with van der Waals surface area (Å²) in [7, 11) is 0. The van der Waals surface area contributed by atoms with Gasteiger partial charge in [0.15, 0.2) is 0 Å². The van der Waals surface area contributed by atoms with Crippen LogP contribution in [0.4, 0.5) is 10.5 Å². The average Bonchev–Trinajstić information content (AvgIpc) is 2.32. The molecule has 1 fully saturated rings. The molecule has 1 aliphatic heterocycles. The molecule has 0 aliphatic carbocycles. The Kier molecular flexibility index (Phi) is 4.65. The zero-order valence-corrected chi connectivity index (χ0v) is 12.9. The van der Waals surface area contributed by atoms with Gasteiger partial charge in [0.05, 0.1) is 0 Å². The van der Waals surface area contributed by atoms with Crippen LogP contribution in [0.15, 0.2) is 18.2 Å². The number of anilines is 1. The van der Waals surface area contributed by atoms with Crippen LogP contribution in [-0.4, -0.2) is 23.1 Å². The number of piperidine rings is 1. The minimum atomic E-state index is -0.157. The zero-order chi connectivity index (χ0) is 14.7. The Bertz CT molecular complexity index is 456. The summed E-state index contributed by atoms with van der Waals surface area (Å²) in [5.41, 5.74) is 6.14. The fourth-order valence-electron chi connectivity index (χ4n) is 2.96. The lowest BCUT2D eigenvalue weighted by molar-refractivity contribution is 0.0625. The Labute approximate surface area is 121 Å². The van der Waals surface area contributed by atoms with Crippen LogP contribution in [0.3, 0.4) is 0 Å². The highest BCUT2D eigenvalue weighted by atomic mass is 16.2. The van der Waals surface area contributed by atoms with Crippen LogP contribution in [-0.2, 0) is 0 Å². The van der Waals surface area contributed by atoms with E-state index in [9.17, 15) is 4.79 Å². The molecule has 4 nitrogen and oxygen atoms in total. The monoisotopic (exact) mass is 275 g/mol. The van der Waals surface area contributed by atoms with Crippen LogP contribution in [0.5, 0.6) is 0 Å². The molecule has 2 N–H and O–H groups in total. The lowest BCUT2D eigenvalue weighted by atomic mass is 10.00. The van der Waals surface area contributed by atoms with Crippen molar-refractivity contribution in [2.75, 3.05) is 5.32 Å². The van der Waals surface area contributed by atoms with Gasteiger partial charge in [-0.3, -0.25) is 5.43 Å². The molecule has 110 valence electrons. The first-order chi connectivity index (χ1) is 9.45. The minimum absolute atomic E-state index is 0.157. The molecule has 2 amide bonds. The van der Waals surface area contributed by atoms with E-state index in [0.717, 1.165) is 29.7 Å². The van der Waals surface area contributed by atoms with Gasteiger partial charge in [0, 0.05) is 17.8 Å². The van der Waals surface area contributed by atoms with E-state index in [2.05, 4.69) is 35.7 Å². The maximum atomic E-state index is 12.1. The van der Waals surface area contributed by atoms with Crippen molar-refractivity contribution >= 4 is 11.7 Å². The Balaban J connectivity index is 1.98. The maximum Gasteiger partial charge on any atom is 0.333 e. The molecule has 2 rings (SSSR count). The Morgan fingerprint density at radius 2 is 1.65 bits per heavy atom. The van der Waals surface area contributed by atoms with E-state index in [-0.39, 0.29) is 6.03 Å². The van der Waals surface area contributed by atoms with Crippen molar-refractivity contribution in [3.63, 3.8) is 0 Å². The second kappa shape index (κ2) is 6.27. The third-order valence-corrected chi connectivity index (χ3v) is 3.90. The number of amides is 2. The first kappa shape index (κ1) is 14.9. The van der Waals surface area contributed by atoms with Crippen molar-refractivity contribution in [2.24, 2.45) is 0 Å². The highest BCUT2D eigenvalue weighted by Gasteiger charge is 2.25. The van der Waals surface area contributed by atoms with Gasteiger partial charge < -0.3 is 5.32 Å². The summed E-state index contributed by atoms with van der Waals surface area (Å²) in [6.45, 7) is 8.38. The fourth-order valence-corrected chi connectivity index (χ4v) is 2.96. The second-order valence-corrected chi connectivity index (χ2v) is 5.98. The number of benzene rings is 1. The summed E-state index contributed by atoms with van der Waals surface area (Å²) in [6.07, 6.45) is 3.50. The summed E-state index contributed by atoms with van der Waals surface area (Å²) in [5.74, 6) is 0. The van der Waals surface area contributed by atoms with Crippen molar-refractivity contribution in [3.8, 4) is 0 Å². The topological polar surface area (TPSA) is 44.4 Å². The van der Waals surface area contributed by atoms with Gasteiger partial charge in [-0.2, -0.15) is 0 Å². The number of hydrazine groups is 1. The first-order valence-electron chi connectivity index (χ1n) is 7.40. The predicted octanol–water partition coefficient (Wildman–Crippen LogP) is 3.60. The maximum absolute atomic E-state index is 12.1. The zero-order valence-electron chi connectivity index (χ0n) is 12.9. The van der Waals surface area contributed by atoms with E-state index < -0.39 is 0 Å². The van der Waals surface area contributed by atoms with E-state index in [1.807, 2.05) is 26.0 Å². The lowest BCUT2D eigenvalue weighted by Gasteiger charge is -2.38. The van der Waals surface area contributed by atoms with Crippen LogP contribution in [0, 0.1) is 13.8 Å². The van der Waals surface area contributed by atoms with Gasteiger partial charge in [-0.25, -0.2) is 9.80 Å². The normalized spacial score (nSPS) is 23.4. The summed E-state index contributed by atoms with van der Waals surface area (Å²) in [6, 6.07) is 6.69. The van der Waals surface area contributed by atoms with Crippen LogP contribution >= 0.6 is 0 Å². The number of nitrogens with one attached hydrogen (secondary N) is 2. The average molecular weight is 275 g/mol. The van der Waals surface area contributed by atoms with Crippen molar-refractivity contribution in [1.82, 2.24) is 10.4 Å². The molecule has 1 saturated heterocycles. The highest BCUT2D eigenvalue weighted by molar-refractivity contribution is 5.89. The number of carbonyl (C=O) groups excluding carboxylic acids is 1. The van der Waals surface area contributed by atoms with E-state index in [0.29, 0.717) is 12.1 Å². The SMILES string of the molecule is Cc1cc(C)cc(NC(=O)NN2[C@H](C)CCC[C@@H]2C)c1. The molecule has 0 aromatic heterocycles. The lowest BCUT2D eigenvalue weighted by Crippen LogP contribution is -2.55. The molecule has 0 unspecified atom stereocenters. The smallest absolute Gasteiger partial charge is 0.307 e. The van der Waals surface area contributed by atoms with Crippen LogP contribution in [0.2, 0.25) is 0 Å². The standard InChI is InChI=1S/C16H25N3O/c1-11-8-12(2)10-15(9-11)17-16(20)18-19-13(3)6-5-7-14(19)4/h8-10,13-14H,5-7H2,1-4H3,(H2,17,18,20)/t13-,14+. The minimum Gasteiger partial charge on any atom is -0.307 e. The summed E-state index contributed by atoms with van der Waals surface area (Å²) in [5, 5.41) is 4.99. The van der Waals surface area contributed by atoms with Crippen LogP contribution < -0.4 is 10.7 Å². The summed E-state index contributed by atoms with van der Waals surface area (Å²) in [4.78, 5) is 12.1. The van der Waals surface area contributed by atoms with Gasteiger partial charge >= 0.3 is 6.03 Å². The fraction of sp³-hybridized carbons (Fsp3) is 0.562. The van der Waals surface area contributed by atoms with Crippen molar-refractivity contribution in [3.05, 3.63) is 29.3 Å². The van der Waals surface area contributed by atoms with Gasteiger partial charge in [-0.1, -0.05) is 12.5 Å². The number of nitrogens with zero attached hydrogens (tertiary/aromatic N) is 1. The third kappa shape index (κ3) is 3.73. The quantitative estimate of drug-likeness (QED) is 0.866. The molecule has 1 heterocycles. The molecule has 0 radical (unpaired) electrons. The highest BCUT2D eigenvalue weighted by Crippen LogP contribution is 2.20. The number of carbonyl (C=O) groups is 1. The number of hydrogen-bond acceptors (Lipinski definition) is 2. The van der Waals surface area contributed by atoms with Gasteiger partial charge in [0.2, 0.25) is 0 Å². The van der Waals surface area contributed by atoms with E-state index >= 15 is 0 Å². The van der Waals surface area contributed by atoms with Crippen LogP contribution in [0.1, 0.15) is 44.2 Å². The second-order valence-electron chi connectivity index (χ2n) is 5.98. The Morgan fingerprint density at radius 1 is 1.10 bits per heavy atom. The molecule has 2 atom stereocenters. The Hall–Kier alpha value is -1.55. The molecule has 4 heteroatoms. The van der Waals surface area contributed by atoms with E-state index in [1.54, 1.807) is 0 Å². The molecular weight excluding hydrogens is 250 g/mol. The summed E-state index contributed by atoms with van der Waals surface area (Å²) >= 11 is 0. The number of hydrogen-bond donors (Lipinski definition) is 2. The predicted molar refractivity (Wildman–Crippen MR) is 82.7 cm³/mol.